The molecular weight excluding hydrogens is 408 g/mol. The molecule has 162 valence electrons. The lowest BCUT2D eigenvalue weighted by atomic mass is 10.0. The van der Waals surface area contributed by atoms with Crippen molar-refractivity contribution in [2.75, 3.05) is 13.7 Å². The molecule has 0 amide bonds. The molecule has 5 aromatic rings. The molecule has 9 heteroatoms. The quantitative estimate of drug-likeness (QED) is 0.460. The van der Waals surface area contributed by atoms with E-state index in [-0.39, 0.29) is 12.3 Å². The molecule has 4 heterocycles. The number of ether oxygens (including phenoxy) is 1. The molecule has 0 fully saturated rings. The average Bonchev–Trinajstić information content (AvgIpc) is 3.30. The van der Waals surface area contributed by atoms with Crippen molar-refractivity contribution in [3.8, 4) is 22.7 Å². The predicted octanol–water partition coefficient (Wildman–Crippen LogP) is 2.45. The zero-order chi connectivity index (χ0) is 22.4. The van der Waals surface area contributed by atoms with Crippen LogP contribution < -0.4 is 10.4 Å². The van der Waals surface area contributed by atoms with E-state index in [2.05, 4.69) is 15.1 Å². The van der Waals surface area contributed by atoms with E-state index < -0.39 is 0 Å². The van der Waals surface area contributed by atoms with Crippen LogP contribution in [0.3, 0.4) is 0 Å². The molecule has 1 N–H and O–H groups in total. The number of imidazole rings is 1. The van der Waals surface area contributed by atoms with E-state index in [4.69, 9.17) is 4.74 Å². The van der Waals surface area contributed by atoms with Crippen LogP contribution in [0.5, 0.6) is 5.88 Å². The third-order valence-corrected chi connectivity index (χ3v) is 5.65. The number of benzene rings is 1. The van der Waals surface area contributed by atoms with Crippen molar-refractivity contribution in [3.05, 3.63) is 65.1 Å². The summed E-state index contributed by atoms with van der Waals surface area (Å²) in [5.41, 5.74) is 5.35. The van der Waals surface area contributed by atoms with E-state index >= 15 is 0 Å². The molecule has 0 saturated heterocycles. The predicted molar refractivity (Wildman–Crippen MR) is 121 cm³/mol. The van der Waals surface area contributed by atoms with Crippen LogP contribution in [0, 0.1) is 6.92 Å². The summed E-state index contributed by atoms with van der Waals surface area (Å²) >= 11 is 0. The molecule has 0 bridgehead atoms. The van der Waals surface area contributed by atoms with Gasteiger partial charge >= 0.3 is 5.69 Å². The van der Waals surface area contributed by atoms with E-state index in [1.165, 1.54) is 0 Å². The third kappa shape index (κ3) is 3.05. The first-order chi connectivity index (χ1) is 15.5. The summed E-state index contributed by atoms with van der Waals surface area (Å²) in [5, 5.41) is 14.6. The lowest BCUT2D eigenvalue weighted by Gasteiger charge is -2.08. The molecule has 4 aromatic heterocycles. The van der Waals surface area contributed by atoms with Crippen LogP contribution in [0.4, 0.5) is 0 Å². The molecule has 0 atom stereocenters. The number of nitrogens with zero attached hydrogens (tertiary/aromatic N) is 6. The Hall–Kier alpha value is -3.98. The van der Waals surface area contributed by atoms with E-state index in [1.54, 1.807) is 46.6 Å². The number of aliphatic hydroxyl groups is 1. The SMILES string of the molecule is COc1ccc(-c2ccc3ncc4c(c3c2)n(-c2cn(CCO)nc2C)c(=O)n4C)cn1. The summed E-state index contributed by atoms with van der Waals surface area (Å²) in [7, 11) is 3.32. The Labute approximate surface area is 183 Å². The molecule has 0 radical (unpaired) electrons. The number of hydrogen-bond donors (Lipinski definition) is 1. The molecule has 0 aliphatic rings. The zero-order valence-electron chi connectivity index (χ0n) is 18.0. The second-order valence-electron chi connectivity index (χ2n) is 7.58. The van der Waals surface area contributed by atoms with Crippen LogP contribution >= 0.6 is 0 Å². The van der Waals surface area contributed by atoms with Gasteiger partial charge in [0, 0.05) is 36.5 Å². The monoisotopic (exact) mass is 430 g/mol. The Kier molecular flexibility index (Phi) is 4.75. The third-order valence-electron chi connectivity index (χ3n) is 5.65. The maximum Gasteiger partial charge on any atom is 0.333 e. The molecule has 9 nitrogen and oxygen atoms in total. The van der Waals surface area contributed by atoms with Gasteiger partial charge in [0.1, 0.15) is 0 Å². The van der Waals surface area contributed by atoms with Crippen molar-refractivity contribution >= 4 is 21.9 Å². The molecule has 1 aromatic carbocycles. The van der Waals surface area contributed by atoms with E-state index in [0.29, 0.717) is 23.8 Å². The first-order valence-corrected chi connectivity index (χ1v) is 10.2. The minimum atomic E-state index is -0.183. The Balaban J connectivity index is 1.80. The Morgan fingerprint density at radius 1 is 1.09 bits per heavy atom. The van der Waals surface area contributed by atoms with Gasteiger partial charge in [0.05, 0.1) is 54.4 Å². The topological polar surface area (TPSA) is 100.0 Å². The summed E-state index contributed by atoms with van der Waals surface area (Å²) in [4.78, 5) is 22.1. The van der Waals surface area contributed by atoms with Crippen molar-refractivity contribution < 1.29 is 9.84 Å². The van der Waals surface area contributed by atoms with Gasteiger partial charge in [-0.05, 0) is 30.7 Å². The number of aliphatic hydroxyl groups excluding tert-OH is 1. The normalized spacial score (nSPS) is 11.5. The van der Waals surface area contributed by atoms with Crippen molar-refractivity contribution in [1.82, 2.24) is 28.9 Å². The van der Waals surface area contributed by atoms with Crippen LogP contribution in [-0.4, -0.2) is 47.7 Å². The summed E-state index contributed by atoms with van der Waals surface area (Å²) in [6.07, 6.45) is 5.27. The maximum atomic E-state index is 13.3. The minimum absolute atomic E-state index is 0.0307. The molecule has 0 unspecified atom stereocenters. The Morgan fingerprint density at radius 3 is 2.62 bits per heavy atom. The summed E-state index contributed by atoms with van der Waals surface area (Å²) in [6.45, 7) is 2.18. The summed E-state index contributed by atoms with van der Waals surface area (Å²) in [5.74, 6) is 0.547. The van der Waals surface area contributed by atoms with E-state index in [9.17, 15) is 9.90 Å². The van der Waals surface area contributed by atoms with Crippen LogP contribution in [0.1, 0.15) is 5.69 Å². The van der Waals surface area contributed by atoms with Gasteiger partial charge in [0.2, 0.25) is 5.88 Å². The van der Waals surface area contributed by atoms with Gasteiger partial charge in [0.15, 0.2) is 0 Å². The highest BCUT2D eigenvalue weighted by molar-refractivity contribution is 6.04. The first-order valence-electron chi connectivity index (χ1n) is 10.2. The van der Waals surface area contributed by atoms with Crippen LogP contribution in [0.25, 0.3) is 38.8 Å². The molecule has 0 saturated carbocycles. The van der Waals surface area contributed by atoms with Crippen LogP contribution in [0.2, 0.25) is 0 Å². The van der Waals surface area contributed by atoms with Gasteiger partial charge in [0.25, 0.3) is 0 Å². The largest absolute Gasteiger partial charge is 0.481 e. The standard InChI is InChI=1S/C23H22N6O3/c1-14-20(13-28(26-14)8-9-30)29-22-17-10-15(16-5-7-21(32-3)25-11-16)4-6-18(17)24-12-19(22)27(2)23(29)31/h4-7,10-13,30H,8-9H2,1-3H3. The molecule has 0 aliphatic carbocycles. The van der Waals surface area contributed by atoms with Gasteiger partial charge in [-0.15, -0.1) is 0 Å². The lowest BCUT2D eigenvalue weighted by molar-refractivity contribution is 0.269. The molecular formula is C23H22N6O3. The Bertz CT molecular complexity index is 1510. The number of hydrogen-bond acceptors (Lipinski definition) is 6. The fourth-order valence-corrected chi connectivity index (χ4v) is 4.02. The van der Waals surface area contributed by atoms with Crippen LogP contribution in [0.15, 0.2) is 53.7 Å². The zero-order valence-corrected chi connectivity index (χ0v) is 18.0. The number of aryl methyl sites for hydroxylation is 2. The fraction of sp³-hybridized carbons (Fsp3) is 0.217. The highest BCUT2D eigenvalue weighted by Crippen LogP contribution is 2.30. The number of methoxy groups -OCH3 is 1. The van der Waals surface area contributed by atoms with Crippen molar-refractivity contribution in [1.29, 1.82) is 0 Å². The first kappa shape index (κ1) is 20.0. The Morgan fingerprint density at radius 2 is 1.91 bits per heavy atom. The average molecular weight is 430 g/mol. The maximum absolute atomic E-state index is 13.3. The van der Waals surface area contributed by atoms with Gasteiger partial charge < -0.3 is 9.84 Å². The smallest absolute Gasteiger partial charge is 0.333 e. The van der Waals surface area contributed by atoms with Crippen molar-refractivity contribution in [2.45, 2.75) is 13.5 Å². The van der Waals surface area contributed by atoms with Gasteiger partial charge in [-0.3, -0.25) is 18.8 Å². The molecule has 32 heavy (non-hydrogen) atoms. The second kappa shape index (κ2) is 7.61. The fourth-order valence-electron chi connectivity index (χ4n) is 4.02. The van der Waals surface area contributed by atoms with E-state index in [1.807, 2.05) is 37.3 Å². The van der Waals surface area contributed by atoms with Crippen molar-refractivity contribution in [2.24, 2.45) is 7.05 Å². The number of rotatable bonds is 5. The number of fused-ring (bicyclic) bond motifs is 3. The van der Waals surface area contributed by atoms with Gasteiger partial charge in [-0.2, -0.15) is 5.10 Å². The molecule has 0 aliphatic heterocycles. The highest BCUT2D eigenvalue weighted by atomic mass is 16.5. The summed E-state index contributed by atoms with van der Waals surface area (Å²) in [6, 6.07) is 9.72. The highest BCUT2D eigenvalue weighted by Gasteiger charge is 2.19. The van der Waals surface area contributed by atoms with Crippen LogP contribution in [-0.2, 0) is 13.6 Å². The van der Waals surface area contributed by atoms with E-state index in [0.717, 1.165) is 33.1 Å². The number of aromatic nitrogens is 6. The molecule has 5 rings (SSSR count). The van der Waals surface area contributed by atoms with Gasteiger partial charge in [-0.25, -0.2) is 9.78 Å². The minimum Gasteiger partial charge on any atom is -0.481 e. The number of pyridine rings is 2. The van der Waals surface area contributed by atoms with Crippen molar-refractivity contribution in [3.63, 3.8) is 0 Å². The second-order valence-corrected chi connectivity index (χ2v) is 7.58. The molecule has 0 spiro atoms. The van der Waals surface area contributed by atoms with Gasteiger partial charge in [-0.1, -0.05) is 6.07 Å². The summed E-state index contributed by atoms with van der Waals surface area (Å²) < 4.78 is 10.1. The lowest BCUT2D eigenvalue weighted by Crippen LogP contribution is -2.21.